The summed E-state index contributed by atoms with van der Waals surface area (Å²) in [7, 11) is 0. The number of nitrogens with one attached hydrogen (secondary N) is 1. The average molecular weight is 266 g/mol. The Morgan fingerprint density at radius 2 is 1.90 bits per heavy atom. The molecule has 0 amide bonds. The van der Waals surface area contributed by atoms with Crippen molar-refractivity contribution in [2.24, 2.45) is 0 Å². The van der Waals surface area contributed by atoms with Crippen LogP contribution in [0.5, 0.6) is 0 Å². The lowest BCUT2D eigenvalue weighted by Crippen LogP contribution is -2.16. The molecule has 3 rings (SSSR count). The summed E-state index contributed by atoms with van der Waals surface area (Å²) in [6, 6.07) is 5.65. The van der Waals surface area contributed by atoms with E-state index in [0.717, 1.165) is 27.9 Å². The zero-order valence-corrected chi connectivity index (χ0v) is 11.3. The number of aromatic amines is 1. The first kappa shape index (κ1) is 12.5. The summed E-state index contributed by atoms with van der Waals surface area (Å²) >= 11 is 0. The van der Waals surface area contributed by atoms with Crippen LogP contribution in [0.1, 0.15) is 18.2 Å². The van der Waals surface area contributed by atoms with E-state index in [0.29, 0.717) is 12.2 Å². The number of benzene rings is 1. The smallest absolute Gasteiger partial charge is 0.254 e. The van der Waals surface area contributed by atoms with Crippen LogP contribution in [0.15, 0.2) is 35.4 Å². The highest BCUT2D eigenvalue weighted by Crippen LogP contribution is 2.19. The molecule has 100 valence electrons. The lowest BCUT2D eigenvalue weighted by molar-refractivity contribution is 0.968. The highest BCUT2D eigenvalue weighted by Gasteiger charge is 2.08. The van der Waals surface area contributed by atoms with E-state index in [1.54, 1.807) is 12.4 Å². The van der Waals surface area contributed by atoms with E-state index in [1.807, 2.05) is 32.0 Å². The molecule has 5 nitrogen and oxygen atoms in total. The lowest BCUT2D eigenvalue weighted by Gasteiger charge is -2.06. The zero-order valence-electron chi connectivity index (χ0n) is 11.3. The van der Waals surface area contributed by atoms with Gasteiger partial charge in [0.25, 0.3) is 5.56 Å². The van der Waals surface area contributed by atoms with Crippen LogP contribution in [-0.4, -0.2) is 19.9 Å². The summed E-state index contributed by atoms with van der Waals surface area (Å²) in [5, 5.41) is 0. The molecular weight excluding hydrogens is 252 g/mol. The third kappa shape index (κ3) is 2.07. The molecule has 0 fully saturated rings. The summed E-state index contributed by atoms with van der Waals surface area (Å²) in [6.07, 6.45) is 3.98. The molecule has 1 N–H and O–H groups in total. The Morgan fingerprint density at radius 3 is 2.60 bits per heavy atom. The van der Waals surface area contributed by atoms with Crippen LogP contribution in [0.2, 0.25) is 0 Å². The summed E-state index contributed by atoms with van der Waals surface area (Å²) in [5.74, 6) is 0.567. The van der Waals surface area contributed by atoms with Crippen LogP contribution >= 0.6 is 0 Å². The predicted molar refractivity (Wildman–Crippen MR) is 77.5 cm³/mol. The Bertz CT molecular complexity index is 839. The van der Waals surface area contributed by atoms with Crippen molar-refractivity contribution in [1.29, 1.82) is 0 Å². The number of aromatic nitrogens is 4. The van der Waals surface area contributed by atoms with E-state index in [2.05, 4.69) is 19.9 Å². The molecular formula is C15H14N4O. The summed E-state index contributed by atoms with van der Waals surface area (Å²) in [6.45, 7) is 3.81. The van der Waals surface area contributed by atoms with Gasteiger partial charge < -0.3 is 4.98 Å². The fourth-order valence-electron chi connectivity index (χ4n) is 2.27. The predicted octanol–water partition coefficient (Wildman–Crippen LogP) is 2.25. The molecule has 0 spiro atoms. The van der Waals surface area contributed by atoms with Crippen LogP contribution in [0.4, 0.5) is 0 Å². The molecule has 0 atom stereocenters. The fourth-order valence-corrected chi connectivity index (χ4v) is 2.27. The van der Waals surface area contributed by atoms with Gasteiger partial charge in [0.05, 0.1) is 11.0 Å². The summed E-state index contributed by atoms with van der Waals surface area (Å²) in [5.41, 5.74) is 3.86. The maximum Gasteiger partial charge on any atom is 0.254 e. The van der Waals surface area contributed by atoms with Gasteiger partial charge in [0.15, 0.2) is 0 Å². The number of hydrogen-bond acceptors (Lipinski definition) is 4. The molecule has 5 heteroatoms. The van der Waals surface area contributed by atoms with Crippen molar-refractivity contribution >= 4 is 11.0 Å². The molecule has 0 saturated carbocycles. The third-order valence-corrected chi connectivity index (χ3v) is 3.32. The number of aryl methyl sites for hydroxylation is 1. The first-order valence-corrected chi connectivity index (χ1v) is 6.50. The lowest BCUT2D eigenvalue weighted by atomic mass is 10.1. The van der Waals surface area contributed by atoms with Crippen molar-refractivity contribution in [3.8, 4) is 11.4 Å². The molecule has 0 saturated heterocycles. The minimum absolute atomic E-state index is 0.0748. The molecule has 0 unspecified atom stereocenters. The van der Waals surface area contributed by atoms with E-state index >= 15 is 0 Å². The topological polar surface area (TPSA) is 71.5 Å². The van der Waals surface area contributed by atoms with Gasteiger partial charge in [0.2, 0.25) is 0 Å². The van der Waals surface area contributed by atoms with Crippen LogP contribution in [0.3, 0.4) is 0 Å². The van der Waals surface area contributed by atoms with E-state index < -0.39 is 0 Å². The molecule has 2 heterocycles. The molecule has 3 aromatic rings. The average Bonchev–Trinajstić information content (AvgIpc) is 2.46. The van der Waals surface area contributed by atoms with Gasteiger partial charge in [-0.25, -0.2) is 4.98 Å². The number of fused-ring (bicyclic) bond motifs is 1. The normalized spacial score (nSPS) is 10.9. The van der Waals surface area contributed by atoms with Crippen molar-refractivity contribution < 1.29 is 0 Å². The number of nitrogens with zero attached hydrogens (tertiary/aromatic N) is 3. The van der Waals surface area contributed by atoms with Crippen LogP contribution < -0.4 is 5.56 Å². The maximum atomic E-state index is 12.0. The van der Waals surface area contributed by atoms with Gasteiger partial charge in [-0.3, -0.25) is 14.8 Å². The van der Waals surface area contributed by atoms with Gasteiger partial charge in [-0.05, 0) is 31.5 Å². The minimum atomic E-state index is -0.0748. The second-order valence-corrected chi connectivity index (χ2v) is 4.59. The molecule has 0 aliphatic rings. The van der Waals surface area contributed by atoms with Gasteiger partial charge in [-0.1, -0.05) is 6.92 Å². The fraction of sp³-hybridized carbons (Fsp3) is 0.200. The quantitative estimate of drug-likeness (QED) is 0.772. The second-order valence-electron chi connectivity index (χ2n) is 4.59. The van der Waals surface area contributed by atoms with Crippen molar-refractivity contribution in [3.63, 3.8) is 0 Å². The van der Waals surface area contributed by atoms with Gasteiger partial charge in [-0.15, -0.1) is 0 Å². The second kappa shape index (κ2) is 4.85. The SMILES string of the molecule is CCc1c(C)nc(-c2ccc3nccnc3c2)[nH]c1=O. The monoisotopic (exact) mass is 266 g/mol. The Morgan fingerprint density at radius 1 is 1.15 bits per heavy atom. The van der Waals surface area contributed by atoms with Gasteiger partial charge >= 0.3 is 0 Å². The Kier molecular flexibility index (Phi) is 3.02. The van der Waals surface area contributed by atoms with E-state index in [9.17, 15) is 4.79 Å². The summed E-state index contributed by atoms with van der Waals surface area (Å²) in [4.78, 5) is 27.8. The van der Waals surface area contributed by atoms with E-state index in [4.69, 9.17) is 0 Å². The van der Waals surface area contributed by atoms with Crippen molar-refractivity contribution in [2.75, 3.05) is 0 Å². The Labute approximate surface area is 115 Å². The molecule has 0 aliphatic heterocycles. The molecule has 1 aromatic carbocycles. The summed E-state index contributed by atoms with van der Waals surface area (Å²) < 4.78 is 0. The standard InChI is InChI=1S/C15H14N4O/c1-3-11-9(2)18-14(19-15(11)20)10-4-5-12-13(8-10)17-7-6-16-12/h4-8H,3H2,1-2H3,(H,18,19,20). The van der Waals surface area contributed by atoms with Crippen molar-refractivity contribution in [2.45, 2.75) is 20.3 Å². The van der Waals surface area contributed by atoms with E-state index in [-0.39, 0.29) is 5.56 Å². The van der Waals surface area contributed by atoms with Gasteiger partial charge in [-0.2, -0.15) is 0 Å². The first-order valence-electron chi connectivity index (χ1n) is 6.50. The Balaban J connectivity index is 2.18. The van der Waals surface area contributed by atoms with Gasteiger partial charge in [0.1, 0.15) is 5.82 Å². The highest BCUT2D eigenvalue weighted by atomic mass is 16.1. The minimum Gasteiger partial charge on any atom is -0.306 e. The number of hydrogen-bond donors (Lipinski definition) is 1. The molecule has 0 bridgehead atoms. The largest absolute Gasteiger partial charge is 0.306 e. The van der Waals surface area contributed by atoms with Crippen LogP contribution in [0, 0.1) is 6.92 Å². The molecule has 2 aromatic heterocycles. The molecule has 20 heavy (non-hydrogen) atoms. The third-order valence-electron chi connectivity index (χ3n) is 3.32. The van der Waals surface area contributed by atoms with E-state index in [1.165, 1.54) is 0 Å². The van der Waals surface area contributed by atoms with Crippen molar-refractivity contribution in [3.05, 3.63) is 52.2 Å². The van der Waals surface area contributed by atoms with Crippen LogP contribution in [-0.2, 0) is 6.42 Å². The molecule has 0 radical (unpaired) electrons. The van der Waals surface area contributed by atoms with Gasteiger partial charge in [0, 0.05) is 29.2 Å². The first-order chi connectivity index (χ1) is 9.69. The highest BCUT2D eigenvalue weighted by molar-refractivity contribution is 5.79. The molecule has 0 aliphatic carbocycles. The Hall–Kier alpha value is -2.56. The number of rotatable bonds is 2. The van der Waals surface area contributed by atoms with Crippen LogP contribution in [0.25, 0.3) is 22.4 Å². The zero-order chi connectivity index (χ0) is 14.1. The maximum absolute atomic E-state index is 12.0. The number of H-pyrrole nitrogens is 1. The van der Waals surface area contributed by atoms with Crippen molar-refractivity contribution in [1.82, 2.24) is 19.9 Å².